The van der Waals surface area contributed by atoms with E-state index in [9.17, 15) is 0 Å². The van der Waals surface area contributed by atoms with Gasteiger partial charge in [0.25, 0.3) is 0 Å². The van der Waals surface area contributed by atoms with E-state index in [1.54, 1.807) is 0 Å². The number of nitrogens with zero attached hydrogens (tertiary/aromatic N) is 2. The second kappa shape index (κ2) is 2.95. The molecule has 0 atom stereocenters. The molecule has 1 heterocycles. The molecule has 0 saturated carbocycles. The highest BCUT2D eigenvalue weighted by atomic mass is 15.3. The van der Waals surface area contributed by atoms with E-state index in [0.29, 0.717) is 0 Å². The van der Waals surface area contributed by atoms with E-state index in [1.807, 2.05) is 0 Å². The van der Waals surface area contributed by atoms with Crippen LogP contribution in [0.5, 0.6) is 0 Å². The summed E-state index contributed by atoms with van der Waals surface area (Å²) in [4.78, 5) is 4.61. The Morgan fingerprint density at radius 2 is 2.20 bits per heavy atom. The Morgan fingerprint density at radius 1 is 1.50 bits per heavy atom. The minimum absolute atomic E-state index is 1.07. The molecule has 0 unspecified atom stereocenters. The van der Waals surface area contributed by atoms with Gasteiger partial charge in [0, 0.05) is 25.5 Å². The van der Waals surface area contributed by atoms with Gasteiger partial charge < -0.3 is 9.80 Å². The van der Waals surface area contributed by atoms with Crippen LogP contribution in [-0.2, 0) is 0 Å². The first-order valence-corrected chi connectivity index (χ1v) is 3.93. The molecule has 1 rings (SSSR count). The molecule has 0 N–H and O–H groups in total. The molecule has 0 fully saturated rings. The second-order valence-electron chi connectivity index (χ2n) is 2.73. The summed E-state index contributed by atoms with van der Waals surface area (Å²) in [6.45, 7) is 6.60. The summed E-state index contributed by atoms with van der Waals surface area (Å²) in [6.07, 6.45) is 3.38. The standard InChI is InChI=1S/C8H16N2/c1-4-8-6-9(3)7-10(8)5-2/h6H,4-5,7H2,1-3H3. The van der Waals surface area contributed by atoms with Crippen LogP contribution in [0.2, 0.25) is 0 Å². The van der Waals surface area contributed by atoms with E-state index in [2.05, 4.69) is 36.9 Å². The van der Waals surface area contributed by atoms with Crippen molar-refractivity contribution in [3.8, 4) is 0 Å². The molecule has 1 aliphatic heterocycles. The molecule has 0 bridgehead atoms. The topological polar surface area (TPSA) is 6.48 Å². The van der Waals surface area contributed by atoms with E-state index in [4.69, 9.17) is 0 Å². The average molecular weight is 140 g/mol. The molecule has 0 aromatic rings. The Bertz CT molecular complexity index is 140. The maximum atomic E-state index is 2.39. The van der Waals surface area contributed by atoms with Gasteiger partial charge in [0.05, 0.1) is 6.67 Å². The molecule has 2 nitrogen and oxygen atoms in total. The molecular formula is C8H16N2. The van der Waals surface area contributed by atoms with Crippen molar-refractivity contribution in [2.24, 2.45) is 0 Å². The van der Waals surface area contributed by atoms with Crippen molar-refractivity contribution in [1.29, 1.82) is 0 Å². The first-order valence-electron chi connectivity index (χ1n) is 3.93. The minimum atomic E-state index is 1.07. The quantitative estimate of drug-likeness (QED) is 0.573. The maximum absolute atomic E-state index is 2.39. The van der Waals surface area contributed by atoms with Crippen LogP contribution >= 0.6 is 0 Å². The lowest BCUT2D eigenvalue weighted by Gasteiger charge is -2.19. The van der Waals surface area contributed by atoms with Gasteiger partial charge in [0.1, 0.15) is 0 Å². The highest BCUT2D eigenvalue weighted by Crippen LogP contribution is 2.15. The first kappa shape index (κ1) is 7.45. The van der Waals surface area contributed by atoms with Crippen molar-refractivity contribution < 1.29 is 0 Å². The third-order valence-electron chi connectivity index (χ3n) is 1.91. The van der Waals surface area contributed by atoms with Gasteiger partial charge in [-0.05, 0) is 13.3 Å². The van der Waals surface area contributed by atoms with Crippen LogP contribution in [0.15, 0.2) is 11.9 Å². The molecule has 0 spiro atoms. The Labute approximate surface area is 63.1 Å². The third kappa shape index (κ3) is 1.25. The van der Waals surface area contributed by atoms with Crippen LogP contribution in [-0.4, -0.2) is 30.1 Å². The lowest BCUT2D eigenvalue weighted by molar-refractivity contribution is 0.290. The molecule has 2 heteroatoms. The molecule has 0 aromatic heterocycles. The number of hydrogen-bond donors (Lipinski definition) is 0. The van der Waals surface area contributed by atoms with Gasteiger partial charge in [-0.25, -0.2) is 0 Å². The summed E-state index contributed by atoms with van der Waals surface area (Å²) in [5.74, 6) is 0. The van der Waals surface area contributed by atoms with E-state index in [1.165, 1.54) is 5.70 Å². The highest BCUT2D eigenvalue weighted by Gasteiger charge is 2.13. The van der Waals surface area contributed by atoms with Crippen LogP contribution in [0, 0.1) is 0 Å². The fourth-order valence-electron chi connectivity index (χ4n) is 1.35. The zero-order valence-corrected chi connectivity index (χ0v) is 7.09. The third-order valence-corrected chi connectivity index (χ3v) is 1.91. The van der Waals surface area contributed by atoms with E-state index in [0.717, 1.165) is 19.6 Å². The fourth-order valence-corrected chi connectivity index (χ4v) is 1.35. The van der Waals surface area contributed by atoms with Crippen molar-refractivity contribution in [2.45, 2.75) is 20.3 Å². The summed E-state index contributed by atoms with van der Waals surface area (Å²) in [5, 5.41) is 0. The molecule has 10 heavy (non-hydrogen) atoms. The molecule has 0 aromatic carbocycles. The summed E-state index contributed by atoms with van der Waals surface area (Å²) < 4.78 is 0. The van der Waals surface area contributed by atoms with Gasteiger partial charge in [-0.1, -0.05) is 6.92 Å². The van der Waals surface area contributed by atoms with Crippen molar-refractivity contribution in [2.75, 3.05) is 20.3 Å². The van der Waals surface area contributed by atoms with Gasteiger partial charge in [-0.3, -0.25) is 0 Å². The molecule has 0 radical (unpaired) electrons. The highest BCUT2D eigenvalue weighted by molar-refractivity contribution is 5.04. The van der Waals surface area contributed by atoms with E-state index < -0.39 is 0 Å². The van der Waals surface area contributed by atoms with Crippen molar-refractivity contribution >= 4 is 0 Å². The largest absolute Gasteiger partial charge is 0.361 e. The summed E-state index contributed by atoms with van der Waals surface area (Å²) in [5.41, 5.74) is 1.46. The van der Waals surface area contributed by atoms with Crippen molar-refractivity contribution in [3.05, 3.63) is 11.9 Å². The fraction of sp³-hybridized carbons (Fsp3) is 0.750. The lowest BCUT2D eigenvalue weighted by Crippen LogP contribution is -2.24. The second-order valence-corrected chi connectivity index (χ2v) is 2.73. The SMILES string of the molecule is CCC1=CN(C)CN1CC. The summed E-state index contributed by atoms with van der Waals surface area (Å²) >= 11 is 0. The Morgan fingerprint density at radius 3 is 2.60 bits per heavy atom. The lowest BCUT2D eigenvalue weighted by atomic mass is 10.3. The monoisotopic (exact) mass is 140 g/mol. The van der Waals surface area contributed by atoms with Crippen LogP contribution in [0.3, 0.4) is 0 Å². The molecule has 0 amide bonds. The normalized spacial score (nSPS) is 18.1. The van der Waals surface area contributed by atoms with Crippen LogP contribution in [0.4, 0.5) is 0 Å². The number of rotatable bonds is 2. The van der Waals surface area contributed by atoms with E-state index >= 15 is 0 Å². The summed E-state index contributed by atoms with van der Waals surface area (Å²) in [6, 6.07) is 0. The Kier molecular flexibility index (Phi) is 2.20. The maximum Gasteiger partial charge on any atom is 0.0893 e. The molecular weight excluding hydrogens is 124 g/mol. The van der Waals surface area contributed by atoms with Crippen LogP contribution < -0.4 is 0 Å². The first-order chi connectivity index (χ1) is 4.77. The van der Waals surface area contributed by atoms with E-state index in [-0.39, 0.29) is 0 Å². The van der Waals surface area contributed by atoms with Gasteiger partial charge in [0.15, 0.2) is 0 Å². The van der Waals surface area contributed by atoms with Crippen molar-refractivity contribution in [1.82, 2.24) is 9.80 Å². The predicted octanol–water partition coefficient (Wildman–Crippen LogP) is 1.46. The number of hydrogen-bond acceptors (Lipinski definition) is 2. The van der Waals surface area contributed by atoms with Gasteiger partial charge in [0.2, 0.25) is 0 Å². The smallest absolute Gasteiger partial charge is 0.0893 e. The summed E-state index contributed by atoms with van der Waals surface area (Å²) in [7, 11) is 2.12. The zero-order chi connectivity index (χ0) is 7.56. The molecule has 58 valence electrons. The molecule has 0 saturated heterocycles. The van der Waals surface area contributed by atoms with Gasteiger partial charge in [-0.15, -0.1) is 0 Å². The Hall–Kier alpha value is -0.660. The Balaban J connectivity index is 2.56. The van der Waals surface area contributed by atoms with Gasteiger partial charge in [-0.2, -0.15) is 0 Å². The predicted molar refractivity (Wildman–Crippen MR) is 43.4 cm³/mol. The zero-order valence-electron chi connectivity index (χ0n) is 7.09. The average Bonchev–Trinajstić information content (AvgIpc) is 2.30. The molecule has 1 aliphatic rings. The van der Waals surface area contributed by atoms with Crippen LogP contribution in [0.25, 0.3) is 0 Å². The van der Waals surface area contributed by atoms with Crippen molar-refractivity contribution in [3.63, 3.8) is 0 Å². The number of allylic oxidation sites excluding steroid dienone is 1. The van der Waals surface area contributed by atoms with Gasteiger partial charge >= 0.3 is 0 Å². The molecule has 0 aliphatic carbocycles. The minimum Gasteiger partial charge on any atom is -0.361 e. The van der Waals surface area contributed by atoms with Crippen LogP contribution in [0.1, 0.15) is 20.3 Å².